The third-order valence-electron chi connectivity index (χ3n) is 5.79. The maximum Gasteiger partial charge on any atom is 0.289 e. The van der Waals surface area contributed by atoms with Crippen LogP contribution in [0.4, 0.5) is 11.5 Å². The molecule has 1 saturated heterocycles. The minimum Gasteiger partial charge on any atom is -0.451 e. The molecule has 2 N–H and O–H groups in total. The minimum atomic E-state index is -0.551. The molecule has 10 heteroatoms. The Bertz CT molecular complexity index is 1430. The molecule has 1 amide bonds. The van der Waals surface area contributed by atoms with Crippen molar-refractivity contribution >= 4 is 28.4 Å². The van der Waals surface area contributed by atoms with Gasteiger partial charge in [0.1, 0.15) is 23.4 Å². The van der Waals surface area contributed by atoms with E-state index in [1.54, 1.807) is 30.6 Å². The van der Waals surface area contributed by atoms with Gasteiger partial charge in [0.25, 0.3) is 5.91 Å². The molecule has 0 bridgehead atoms. The summed E-state index contributed by atoms with van der Waals surface area (Å²) in [5, 5.41) is 21.4. The number of aliphatic hydroxyl groups is 1. The predicted molar refractivity (Wildman–Crippen MR) is 126 cm³/mol. The molecule has 10 nitrogen and oxygen atoms in total. The van der Waals surface area contributed by atoms with Crippen molar-refractivity contribution in [2.24, 2.45) is 0 Å². The van der Waals surface area contributed by atoms with Gasteiger partial charge in [0.15, 0.2) is 17.0 Å². The van der Waals surface area contributed by atoms with E-state index in [0.717, 1.165) is 0 Å². The molecule has 0 radical (unpaired) electrons. The summed E-state index contributed by atoms with van der Waals surface area (Å²) in [6.45, 7) is 4.73. The van der Waals surface area contributed by atoms with Gasteiger partial charge in [0, 0.05) is 25.2 Å². The van der Waals surface area contributed by atoms with Gasteiger partial charge in [-0.05, 0) is 44.5 Å². The Kier molecular flexibility index (Phi) is 5.58. The maximum absolute atomic E-state index is 13.0. The first-order valence-electron chi connectivity index (χ1n) is 11.1. The molecule has 0 aliphatic carbocycles. The Morgan fingerprint density at radius 2 is 2.06 bits per heavy atom. The lowest BCUT2D eigenvalue weighted by atomic mass is 10.1. The van der Waals surface area contributed by atoms with E-state index in [-0.39, 0.29) is 29.4 Å². The number of carbonyl (C=O) groups excluding carboxylic acids is 1. The van der Waals surface area contributed by atoms with Gasteiger partial charge in [-0.1, -0.05) is 12.1 Å². The first kappa shape index (κ1) is 21.8. The van der Waals surface area contributed by atoms with Crippen LogP contribution in [0, 0.1) is 0 Å². The summed E-state index contributed by atoms with van der Waals surface area (Å²) < 4.78 is 7.73. The molecule has 3 aromatic heterocycles. The first-order chi connectivity index (χ1) is 16.4. The molecule has 1 aromatic carbocycles. The fraction of sp³-hybridized carbons (Fsp3) is 0.292. The first-order valence-corrected chi connectivity index (χ1v) is 11.1. The number of anilines is 2. The molecule has 0 spiro atoms. The van der Waals surface area contributed by atoms with E-state index in [4.69, 9.17) is 4.42 Å². The third kappa shape index (κ3) is 4.03. The van der Waals surface area contributed by atoms with Gasteiger partial charge in [-0.2, -0.15) is 0 Å². The SMILES string of the molecule is CC(C)n1cnnc1-c1cccc(Nc2cccc3oc(C(=O)N4CCC(O)C4)cc(=O)c23)n1. The van der Waals surface area contributed by atoms with E-state index in [1.807, 2.05) is 30.5 Å². The standard InChI is InChI=1S/C24H24N6O4/c1-14(2)30-13-25-28-23(30)17-6-4-8-21(27-17)26-16-5-3-7-19-22(16)18(32)11-20(34-19)24(33)29-10-9-15(31)12-29/h3-8,11,13-15,31H,9-10,12H2,1-2H3,(H,26,27). The van der Waals surface area contributed by atoms with E-state index in [2.05, 4.69) is 20.5 Å². The zero-order valence-electron chi connectivity index (χ0n) is 18.8. The van der Waals surface area contributed by atoms with E-state index < -0.39 is 12.0 Å². The van der Waals surface area contributed by atoms with Gasteiger partial charge in [-0.15, -0.1) is 10.2 Å². The van der Waals surface area contributed by atoms with Crippen LogP contribution >= 0.6 is 0 Å². The van der Waals surface area contributed by atoms with Crippen LogP contribution in [0.25, 0.3) is 22.5 Å². The topological polar surface area (TPSA) is 126 Å². The predicted octanol–water partition coefficient (Wildman–Crippen LogP) is 2.98. The molecule has 174 valence electrons. The second kappa shape index (κ2) is 8.71. The van der Waals surface area contributed by atoms with E-state index >= 15 is 0 Å². The highest BCUT2D eigenvalue weighted by atomic mass is 16.3. The number of β-amino-alcohol motifs (C(OH)–C–C–N with tert-alkyl or cyclic N) is 1. The molecule has 34 heavy (non-hydrogen) atoms. The highest BCUT2D eigenvalue weighted by Gasteiger charge is 2.27. The summed E-state index contributed by atoms with van der Waals surface area (Å²) in [4.78, 5) is 31.9. The smallest absolute Gasteiger partial charge is 0.289 e. The van der Waals surface area contributed by atoms with Crippen LogP contribution in [0.15, 0.2) is 58.0 Å². The largest absolute Gasteiger partial charge is 0.451 e. The summed E-state index contributed by atoms with van der Waals surface area (Å²) in [5.74, 6) is 0.717. The Balaban J connectivity index is 1.48. The number of aliphatic hydroxyl groups excluding tert-OH is 1. The highest BCUT2D eigenvalue weighted by Crippen LogP contribution is 2.26. The molecular formula is C24H24N6O4. The average Bonchev–Trinajstić information content (AvgIpc) is 3.48. The van der Waals surface area contributed by atoms with Crippen molar-refractivity contribution in [3.63, 3.8) is 0 Å². The number of hydrogen-bond donors (Lipinski definition) is 2. The molecule has 5 rings (SSSR count). The van der Waals surface area contributed by atoms with Crippen molar-refractivity contribution in [2.45, 2.75) is 32.4 Å². The monoisotopic (exact) mass is 460 g/mol. The molecule has 4 heterocycles. The Morgan fingerprint density at radius 3 is 2.82 bits per heavy atom. The van der Waals surface area contributed by atoms with Gasteiger partial charge in [-0.3, -0.25) is 9.59 Å². The minimum absolute atomic E-state index is 0.0445. The molecule has 1 aliphatic rings. The van der Waals surface area contributed by atoms with Crippen LogP contribution in [0.2, 0.25) is 0 Å². The lowest BCUT2D eigenvalue weighted by Crippen LogP contribution is -2.30. The summed E-state index contributed by atoms with van der Waals surface area (Å²) in [6, 6.07) is 12.0. The van der Waals surface area contributed by atoms with Gasteiger partial charge in [0.2, 0.25) is 0 Å². The second-order valence-electron chi connectivity index (χ2n) is 8.54. The van der Waals surface area contributed by atoms with Crippen molar-refractivity contribution in [3.8, 4) is 11.5 Å². The molecular weight excluding hydrogens is 436 g/mol. The summed E-state index contributed by atoms with van der Waals surface area (Å²) in [6.07, 6.45) is 1.63. The number of aromatic nitrogens is 4. The summed E-state index contributed by atoms with van der Waals surface area (Å²) in [5.41, 5.74) is 1.10. The van der Waals surface area contributed by atoms with Gasteiger partial charge < -0.3 is 24.3 Å². The fourth-order valence-corrected chi connectivity index (χ4v) is 4.07. The van der Waals surface area contributed by atoms with Crippen molar-refractivity contribution in [1.82, 2.24) is 24.6 Å². The molecule has 1 unspecified atom stereocenters. The lowest BCUT2D eigenvalue weighted by molar-refractivity contribution is 0.0734. The number of carbonyl (C=O) groups is 1. The number of nitrogens with zero attached hydrogens (tertiary/aromatic N) is 5. The van der Waals surface area contributed by atoms with Crippen molar-refractivity contribution in [1.29, 1.82) is 0 Å². The van der Waals surface area contributed by atoms with E-state index in [1.165, 1.54) is 11.0 Å². The fourth-order valence-electron chi connectivity index (χ4n) is 4.07. The lowest BCUT2D eigenvalue weighted by Gasteiger charge is -2.15. The number of rotatable bonds is 5. The Hall–Kier alpha value is -4.05. The molecule has 1 atom stereocenters. The van der Waals surface area contributed by atoms with Crippen LogP contribution in [0.1, 0.15) is 36.9 Å². The van der Waals surface area contributed by atoms with Crippen LogP contribution in [-0.2, 0) is 0 Å². The number of fused-ring (bicyclic) bond motifs is 1. The Labute approximate surface area is 194 Å². The van der Waals surface area contributed by atoms with Crippen LogP contribution in [0.5, 0.6) is 0 Å². The highest BCUT2D eigenvalue weighted by molar-refractivity contribution is 5.96. The summed E-state index contributed by atoms with van der Waals surface area (Å²) in [7, 11) is 0. The maximum atomic E-state index is 13.0. The zero-order chi connectivity index (χ0) is 23.8. The van der Waals surface area contributed by atoms with Crippen LogP contribution in [0.3, 0.4) is 0 Å². The van der Waals surface area contributed by atoms with Crippen molar-refractivity contribution in [2.75, 3.05) is 18.4 Å². The number of benzene rings is 1. The number of amides is 1. The summed E-state index contributed by atoms with van der Waals surface area (Å²) >= 11 is 0. The number of nitrogens with one attached hydrogen (secondary N) is 1. The van der Waals surface area contributed by atoms with E-state index in [9.17, 15) is 14.7 Å². The van der Waals surface area contributed by atoms with Crippen molar-refractivity contribution < 1.29 is 14.3 Å². The van der Waals surface area contributed by atoms with Crippen LogP contribution in [-0.4, -0.2) is 54.9 Å². The molecule has 1 fully saturated rings. The van der Waals surface area contributed by atoms with Gasteiger partial charge in [0.05, 0.1) is 17.2 Å². The van der Waals surface area contributed by atoms with Crippen molar-refractivity contribution in [3.05, 3.63) is 64.8 Å². The molecule has 4 aromatic rings. The quantitative estimate of drug-likeness (QED) is 0.465. The van der Waals surface area contributed by atoms with E-state index in [0.29, 0.717) is 41.4 Å². The zero-order valence-corrected chi connectivity index (χ0v) is 18.8. The average molecular weight is 460 g/mol. The normalized spacial score (nSPS) is 15.9. The second-order valence-corrected chi connectivity index (χ2v) is 8.54. The number of hydrogen-bond acceptors (Lipinski definition) is 8. The number of likely N-dealkylation sites (tertiary alicyclic amines) is 1. The van der Waals surface area contributed by atoms with Gasteiger partial charge in [-0.25, -0.2) is 4.98 Å². The van der Waals surface area contributed by atoms with Crippen LogP contribution < -0.4 is 10.7 Å². The Morgan fingerprint density at radius 1 is 1.24 bits per heavy atom. The van der Waals surface area contributed by atoms with Gasteiger partial charge >= 0.3 is 0 Å². The number of pyridine rings is 1. The molecule has 0 saturated carbocycles. The molecule has 1 aliphatic heterocycles. The third-order valence-corrected chi connectivity index (χ3v) is 5.79.